The molecular formula is C14H16N2O3. The first kappa shape index (κ1) is 12.2. The number of aliphatic hydroxyl groups is 1. The number of imidazole rings is 1. The van der Waals surface area contributed by atoms with Crippen LogP contribution in [0.5, 0.6) is 0 Å². The lowest BCUT2D eigenvalue weighted by Gasteiger charge is -2.09. The number of aryl methyl sites for hydroxylation is 1. The fourth-order valence-corrected chi connectivity index (χ4v) is 2.48. The van der Waals surface area contributed by atoms with Crippen molar-refractivity contribution < 1.29 is 15.0 Å². The summed E-state index contributed by atoms with van der Waals surface area (Å²) >= 11 is 0. The molecule has 2 aromatic rings. The molecule has 1 fully saturated rings. The highest BCUT2D eigenvalue weighted by atomic mass is 16.4. The maximum Gasteiger partial charge on any atom is 0.337 e. The molecule has 1 aliphatic rings. The van der Waals surface area contributed by atoms with Crippen LogP contribution >= 0.6 is 0 Å². The molecular weight excluding hydrogens is 244 g/mol. The second-order valence-electron chi connectivity index (χ2n) is 4.95. The summed E-state index contributed by atoms with van der Waals surface area (Å²) in [6.07, 6.45) is 2.84. The predicted octanol–water partition coefficient (Wildman–Crippen LogP) is 1.99. The van der Waals surface area contributed by atoms with E-state index in [1.54, 1.807) is 12.1 Å². The van der Waals surface area contributed by atoms with E-state index in [4.69, 9.17) is 5.11 Å². The normalized spacial score (nSPS) is 15.0. The van der Waals surface area contributed by atoms with Crippen LogP contribution in [0.1, 0.15) is 41.4 Å². The van der Waals surface area contributed by atoms with Gasteiger partial charge >= 0.3 is 5.97 Å². The number of fused-ring (bicyclic) bond motifs is 1. The highest BCUT2D eigenvalue weighted by Crippen LogP contribution is 2.41. The third-order valence-electron chi connectivity index (χ3n) is 3.51. The number of hydrogen-bond acceptors (Lipinski definition) is 3. The minimum Gasteiger partial charge on any atom is -0.478 e. The van der Waals surface area contributed by atoms with E-state index in [1.807, 2.05) is 10.6 Å². The van der Waals surface area contributed by atoms with E-state index in [2.05, 4.69) is 4.98 Å². The maximum absolute atomic E-state index is 11.3. The van der Waals surface area contributed by atoms with Crippen LogP contribution in [-0.2, 0) is 6.54 Å². The number of benzene rings is 1. The number of carboxylic acid groups (broad SMARTS) is 1. The van der Waals surface area contributed by atoms with E-state index in [-0.39, 0.29) is 12.2 Å². The third-order valence-corrected chi connectivity index (χ3v) is 3.51. The minimum absolute atomic E-state index is 0.0962. The van der Waals surface area contributed by atoms with Gasteiger partial charge in [-0.2, -0.15) is 0 Å². The van der Waals surface area contributed by atoms with Crippen LogP contribution in [0, 0.1) is 0 Å². The summed E-state index contributed by atoms with van der Waals surface area (Å²) in [6.45, 7) is 0.710. The molecule has 0 aliphatic heterocycles. The molecule has 0 saturated heterocycles. The van der Waals surface area contributed by atoms with Crippen LogP contribution in [-0.4, -0.2) is 32.3 Å². The lowest BCUT2D eigenvalue weighted by Crippen LogP contribution is -2.07. The molecule has 0 spiro atoms. The number of aromatic nitrogens is 2. The van der Waals surface area contributed by atoms with Crippen molar-refractivity contribution in [1.29, 1.82) is 0 Å². The van der Waals surface area contributed by atoms with Gasteiger partial charge in [0.1, 0.15) is 5.82 Å². The van der Waals surface area contributed by atoms with Gasteiger partial charge in [-0.1, -0.05) is 6.07 Å². The molecule has 1 aliphatic carbocycles. The van der Waals surface area contributed by atoms with Crippen LogP contribution in [0.15, 0.2) is 18.2 Å². The van der Waals surface area contributed by atoms with Crippen molar-refractivity contribution in [1.82, 2.24) is 9.55 Å². The number of nitrogens with zero attached hydrogens (tertiary/aromatic N) is 2. The van der Waals surface area contributed by atoms with E-state index < -0.39 is 5.97 Å². The largest absolute Gasteiger partial charge is 0.478 e. The zero-order chi connectivity index (χ0) is 13.4. The summed E-state index contributed by atoms with van der Waals surface area (Å²) in [4.78, 5) is 15.9. The van der Waals surface area contributed by atoms with Crippen molar-refractivity contribution in [3.05, 3.63) is 29.6 Å². The first-order chi connectivity index (χ1) is 9.22. The number of hydrogen-bond donors (Lipinski definition) is 2. The van der Waals surface area contributed by atoms with Gasteiger partial charge < -0.3 is 14.8 Å². The number of aromatic carboxylic acids is 1. The van der Waals surface area contributed by atoms with Crippen LogP contribution < -0.4 is 0 Å². The molecule has 5 nitrogen and oxygen atoms in total. The zero-order valence-electron chi connectivity index (χ0n) is 10.5. The average molecular weight is 260 g/mol. The van der Waals surface area contributed by atoms with Gasteiger partial charge in [0.05, 0.1) is 16.6 Å². The molecule has 0 atom stereocenters. The lowest BCUT2D eigenvalue weighted by molar-refractivity contribution is 0.0698. The summed E-state index contributed by atoms with van der Waals surface area (Å²) in [6, 6.07) is 5.19. The average Bonchev–Trinajstić information content (AvgIpc) is 3.17. The van der Waals surface area contributed by atoms with Gasteiger partial charge in [0.15, 0.2) is 0 Å². The predicted molar refractivity (Wildman–Crippen MR) is 70.4 cm³/mol. The first-order valence-corrected chi connectivity index (χ1v) is 6.55. The number of carbonyl (C=O) groups is 1. The second kappa shape index (κ2) is 4.66. The van der Waals surface area contributed by atoms with Crippen molar-refractivity contribution in [2.45, 2.75) is 31.7 Å². The fraction of sp³-hybridized carbons (Fsp3) is 0.429. The molecule has 1 aromatic heterocycles. The van der Waals surface area contributed by atoms with Crippen LogP contribution in [0.2, 0.25) is 0 Å². The molecule has 1 saturated carbocycles. The molecule has 0 bridgehead atoms. The summed E-state index contributed by atoms with van der Waals surface area (Å²) in [5, 5.41) is 18.3. The molecule has 19 heavy (non-hydrogen) atoms. The highest BCUT2D eigenvalue weighted by Gasteiger charge is 2.30. The van der Waals surface area contributed by atoms with E-state index >= 15 is 0 Å². The Labute approximate surface area is 110 Å². The van der Waals surface area contributed by atoms with Crippen molar-refractivity contribution in [2.24, 2.45) is 0 Å². The van der Waals surface area contributed by atoms with Gasteiger partial charge in [-0.3, -0.25) is 0 Å². The molecule has 0 unspecified atom stereocenters. The van der Waals surface area contributed by atoms with E-state index in [0.29, 0.717) is 24.4 Å². The number of rotatable bonds is 5. The van der Waals surface area contributed by atoms with Crippen molar-refractivity contribution >= 4 is 17.0 Å². The summed E-state index contributed by atoms with van der Waals surface area (Å²) in [5.74, 6) is 0.489. The van der Waals surface area contributed by atoms with Gasteiger partial charge in [0.2, 0.25) is 0 Å². The summed E-state index contributed by atoms with van der Waals surface area (Å²) in [7, 11) is 0. The Bertz CT molecular complexity index is 629. The van der Waals surface area contributed by atoms with E-state index in [9.17, 15) is 9.90 Å². The zero-order valence-corrected chi connectivity index (χ0v) is 10.5. The quantitative estimate of drug-likeness (QED) is 0.862. The topological polar surface area (TPSA) is 75.3 Å². The second-order valence-corrected chi connectivity index (χ2v) is 4.95. The van der Waals surface area contributed by atoms with Gasteiger partial charge in [-0.15, -0.1) is 0 Å². The van der Waals surface area contributed by atoms with Crippen molar-refractivity contribution in [3.63, 3.8) is 0 Å². The molecule has 100 valence electrons. The molecule has 0 amide bonds. The SMILES string of the molecule is O=C(O)c1cccc2nc(C3CC3)n(CCCO)c12. The fourth-order valence-electron chi connectivity index (χ4n) is 2.48. The molecule has 1 aromatic carbocycles. The van der Waals surface area contributed by atoms with Gasteiger partial charge in [0.25, 0.3) is 0 Å². The highest BCUT2D eigenvalue weighted by molar-refractivity contribution is 6.01. The Morgan fingerprint density at radius 2 is 2.21 bits per heavy atom. The Balaban J connectivity index is 2.20. The standard InChI is InChI=1S/C14H16N2O3/c17-8-2-7-16-12-10(14(18)19)3-1-4-11(12)15-13(16)9-5-6-9/h1,3-4,9,17H,2,5-8H2,(H,18,19). The summed E-state index contributed by atoms with van der Waals surface area (Å²) < 4.78 is 1.98. The Kier molecular flexibility index (Phi) is 2.98. The van der Waals surface area contributed by atoms with E-state index in [1.165, 1.54) is 0 Å². The van der Waals surface area contributed by atoms with Gasteiger partial charge in [-0.25, -0.2) is 9.78 Å². The minimum atomic E-state index is -0.932. The van der Waals surface area contributed by atoms with Gasteiger partial charge in [0, 0.05) is 19.1 Å². The van der Waals surface area contributed by atoms with Crippen LogP contribution in [0.4, 0.5) is 0 Å². The number of carboxylic acids is 1. The van der Waals surface area contributed by atoms with Gasteiger partial charge in [-0.05, 0) is 31.4 Å². The molecule has 1 heterocycles. The number of para-hydroxylation sites is 1. The van der Waals surface area contributed by atoms with Crippen LogP contribution in [0.3, 0.4) is 0 Å². The molecule has 0 radical (unpaired) electrons. The molecule has 3 rings (SSSR count). The molecule has 2 N–H and O–H groups in total. The number of aliphatic hydroxyl groups excluding tert-OH is 1. The molecule has 5 heteroatoms. The Morgan fingerprint density at radius 3 is 2.84 bits per heavy atom. The lowest BCUT2D eigenvalue weighted by atomic mass is 10.2. The monoisotopic (exact) mass is 260 g/mol. The smallest absolute Gasteiger partial charge is 0.337 e. The van der Waals surface area contributed by atoms with Crippen molar-refractivity contribution in [2.75, 3.05) is 6.61 Å². The van der Waals surface area contributed by atoms with E-state index in [0.717, 1.165) is 24.2 Å². The summed E-state index contributed by atoms with van der Waals surface area (Å²) in [5.41, 5.74) is 1.71. The van der Waals surface area contributed by atoms with Crippen LogP contribution in [0.25, 0.3) is 11.0 Å². The first-order valence-electron chi connectivity index (χ1n) is 6.55. The third kappa shape index (κ3) is 2.10. The Morgan fingerprint density at radius 1 is 1.42 bits per heavy atom. The maximum atomic E-state index is 11.3. The Hall–Kier alpha value is -1.88. The van der Waals surface area contributed by atoms with Crippen molar-refractivity contribution in [3.8, 4) is 0 Å².